The highest BCUT2D eigenvalue weighted by molar-refractivity contribution is 5.39. The largest absolute Gasteiger partial charge is 0.489 e. The van der Waals surface area contributed by atoms with E-state index in [1.54, 1.807) is 0 Å². The number of rotatable bonds is 3. The number of aryl methyl sites for hydroxylation is 1. The van der Waals surface area contributed by atoms with Gasteiger partial charge in [0.2, 0.25) is 0 Å². The molecule has 0 amide bonds. The van der Waals surface area contributed by atoms with Gasteiger partial charge in [0.05, 0.1) is 0 Å². The van der Waals surface area contributed by atoms with Crippen LogP contribution < -0.4 is 10.5 Å². The van der Waals surface area contributed by atoms with Crippen LogP contribution in [0.2, 0.25) is 0 Å². The van der Waals surface area contributed by atoms with Crippen LogP contribution >= 0.6 is 0 Å². The van der Waals surface area contributed by atoms with E-state index in [0.717, 1.165) is 24.5 Å². The Hall–Kier alpha value is -1.02. The molecule has 0 heterocycles. The van der Waals surface area contributed by atoms with Gasteiger partial charge in [0.15, 0.2) is 0 Å². The molecule has 2 heteroatoms. The van der Waals surface area contributed by atoms with Crippen LogP contribution in [0.1, 0.15) is 57.1 Å². The molecule has 2 rings (SSSR count). The molecular formula is C17H27NO. The molecule has 1 fully saturated rings. The molecule has 0 bridgehead atoms. The van der Waals surface area contributed by atoms with Crippen LogP contribution in [0.4, 0.5) is 0 Å². The van der Waals surface area contributed by atoms with Crippen LogP contribution in [0.5, 0.6) is 5.75 Å². The van der Waals surface area contributed by atoms with Gasteiger partial charge in [-0.25, -0.2) is 0 Å². The molecule has 0 aliphatic heterocycles. The molecule has 0 saturated heterocycles. The Morgan fingerprint density at radius 3 is 2.68 bits per heavy atom. The van der Waals surface area contributed by atoms with E-state index in [1.807, 2.05) is 0 Å². The quantitative estimate of drug-likeness (QED) is 0.892. The van der Waals surface area contributed by atoms with Gasteiger partial charge in [-0.3, -0.25) is 0 Å². The van der Waals surface area contributed by atoms with Crippen LogP contribution in [-0.4, -0.2) is 12.1 Å². The number of hydrogen-bond donors (Lipinski definition) is 1. The molecular weight excluding hydrogens is 234 g/mol. The number of hydrogen-bond acceptors (Lipinski definition) is 2. The zero-order valence-corrected chi connectivity index (χ0v) is 12.6. The number of benzene rings is 1. The van der Waals surface area contributed by atoms with E-state index in [-0.39, 0.29) is 12.1 Å². The maximum atomic E-state index is 6.29. The highest BCUT2D eigenvalue weighted by Gasteiger charge is 2.28. The maximum absolute atomic E-state index is 6.29. The fourth-order valence-corrected chi connectivity index (χ4v) is 2.87. The van der Waals surface area contributed by atoms with Gasteiger partial charge in [0, 0.05) is 6.04 Å². The van der Waals surface area contributed by atoms with E-state index < -0.39 is 0 Å². The van der Waals surface area contributed by atoms with Crippen molar-refractivity contribution in [1.82, 2.24) is 0 Å². The Morgan fingerprint density at radius 1 is 1.26 bits per heavy atom. The topological polar surface area (TPSA) is 35.2 Å². The smallest absolute Gasteiger partial charge is 0.123 e. The fourth-order valence-electron chi connectivity index (χ4n) is 2.87. The van der Waals surface area contributed by atoms with Gasteiger partial charge in [-0.1, -0.05) is 32.9 Å². The zero-order valence-electron chi connectivity index (χ0n) is 12.6. The average Bonchev–Trinajstić information content (AvgIpc) is 2.33. The lowest BCUT2D eigenvalue weighted by atomic mass is 9.85. The summed E-state index contributed by atoms with van der Waals surface area (Å²) in [6.45, 7) is 8.82. The molecule has 1 aliphatic carbocycles. The van der Waals surface area contributed by atoms with Gasteiger partial charge in [-0.05, 0) is 55.2 Å². The summed E-state index contributed by atoms with van der Waals surface area (Å²) in [6, 6.07) is 6.68. The monoisotopic (exact) mass is 261 g/mol. The summed E-state index contributed by atoms with van der Waals surface area (Å²) in [5.74, 6) is 2.23. The lowest BCUT2D eigenvalue weighted by Crippen LogP contribution is -2.43. The van der Waals surface area contributed by atoms with Crippen molar-refractivity contribution in [2.24, 2.45) is 11.7 Å². The first-order chi connectivity index (χ1) is 8.97. The predicted octanol–water partition coefficient (Wildman–Crippen LogP) is 4.01. The lowest BCUT2D eigenvalue weighted by Gasteiger charge is -2.33. The van der Waals surface area contributed by atoms with Crippen molar-refractivity contribution in [2.75, 3.05) is 0 Å². The maximum Gasteiger partial charge on any atom is 0.123 e. The van der Waals surface area contributed by atoms with Gasteiger partial charge in [0.1, 0.15) is 11.9 Å². The Kier molecular flexibility index (Phi) is 4.51. The van der Waals surface area contributed by atoms with E-state index in [2.05, 4.69) is 45.9 Å². The summed E-state index contributed by atoms with van der Waals surface area (Å²) >= 11 is 0. The number of nitrogens with two attached hydrogens (primary N) is 1. The molecule has 1 saturated carbocycles. The molecule has 1 aliphatic rings. The summed E-state index contributed by atoms with van der Waals surface area (Å²) in [5, 5.41) is 0. The standard InChI is InChI=1S/C17H27NO/c1-11(2)14-7-5-12(3)9-16(14)19-17-10-13(4)6-8-15(17)18/h5,7,9,11,13,15,17H,6,8,10,18H2,1-4H3. The van der Waals surface area contributed by atoms with E-state index >= 15 is 0 Å². The van der Waals surface area contributed by atoms with E-state index in [4.69, 9.17) is 10.5 Å². The normalized spacial score (nSPS) is 27.6. The Morgan fingerprint density at radius 2 is 2.00 bits per heavy atom. The minimum Gasteiger partial charge on any atom is -0.489 e. The summed E-state index contributed by atoms with van der Waals surface area (Å²) in [6.07, 6.45) is 3.55. The fraction of sp³-hybridized carbons (Fsp3) is 0.647. The molecule has 1 aromatic rings. The van der Waals surface area contributed by atoms with Crippen molar-refractivity contribution in [3.63, 3.8) is 0 Å². The molecule has 19 heavy (non-hydrogen) atoms. The van der Waals surface area contributed by atoms with Crippen molar-refractivity contribution in [1.29, 1.82) is 0 Å². The predicted molar refractivity (Wildman–Crippen MR) is 80.7 cm³/mol. The van der Waals surface area contributed by atoms with Crippen LogP contribution in [0.15, 0.2) is 18.2 Å². The van der Waals surface area contributed by atoms with Crippen molar-refractivity contribution < 1.29 is 4.74 Å². The van der Waals surface area contributed by atoms with Gasteiger partial charge in [0.25, 0.3) is 0 Å². The molecule has 2 N–H and O–H groups in total. The van der Waals surface area contributed by atoms with Crippen LogP contribution in [0.3, 0.4) is 0 Å². The van der Waals surface area contributed by atoms with Crippen LogP contribution in [0.25, 0.3) is 0 Å². The first-order valence-electron chi connectivity index (χ1n) is 7.50. The second kappa shape index (κ2) is 5.96. The Labute approximate surface area is 117 Å². The Bertz CT molecular complexity index is 427. The summed E-state index contributed by atoms with van der Waals surface area (Å²) < 4.78 is 6.29. The average molecular weight is 261 g/mol. The summed E-state index contributed by atoms with van der Waals surface area (Å²) in [7, 11) is 0. The first kappa shape index (κ1) is 14.4. The minimum atomic E-state index is 0.169. The highest BCUT2D eigenvalue weighted by atomic mass is 16.5. The van der Waals surface area contributed by atoms with Crippen molar-refractivity contribution in [3.8, 4) is 5.75 Å². The molecule has 0 aromatic heterocycles. The van der Waals surface area contributed by atoms with E-state index in [1.165, 1.54) is 17.5 Å². The third-order valence-corrected chi connectivity index (χ3v) is 4.17. The minimum absolute atomic E-state index is 0.169. The molecule has 3 atom stereocenters. The molecule has 0 spiro atoms. The van der Waals surface area contributed by atoms with Crippen LogP contribution in [-0.2, 0) is 0 Å². The molecule has 2 nitrogen and oxygen atoms in total. The second-order valence-electron chi connectivity index (χ2n) is 6.43. The Balaban J connectivity index is 2.19. The molecule has 1 aromatic carbocycles. The van der Waals surface area contributed by atoms with Gasteiger partial charge in [-0.15, -0.1) is 0 Å². The number of ether oxygens (including phenoxy) is 1. The van der Waals surface area contributed by atoms with E-state index in [0.29, 0.717) is 5.92 Å². The molecule has 3 unspecified atom stereocenters. The SMILES string of the molecule is Cc1ccc(C(C)C)c(OC2CC(C)CCC2N)c1. The zero-order chi connectivity index (χ0) is 14.0. The van der Waals surface area contributed by atoms with Gasteiger partial charge in [-0.2, -0.15) is 0 Å². The van der Waals surface area contributed by atoms with Crippen molar-refractivity contribution >= 4 is 0 Å². The van der Waals surface area contributed by atoms with E-state index in [9.17, 15) is 0 Å². The third kappa shape index (κ3) is 3.50. The lowest BCUT2D eigenvalue weighted by molar-refractivity contribution is 0.106. The molecule has 106 valence electrons. The van der Waals surface area contributed by atoms with Crippen molar-refractivity contribution in [2.45, 2.75) is 65.0 Å². The van der Waals surface area contributed by atoms with Gasteiger partial charge >= 0.3 is 0 Å². The van der Waals surface area contributed by atoms with Gasteiger partial charge < -0.3 is 10.5 Å². The molecule has 0 radical (unpaired) electrons. The van der Waals surface area contributed by atoms with Crippen molar-refractivity contribution in [3.05, 3.63) is 29.3 Å². The highest BCUT2D eigenvalue weighted by Crippen LogP contribution is 2.32. The second-order valence-corrected chi connectivity index (χ2v) is 6.43. The first-order valence-corrected chi connectivity index (χ1v) is 7.50. The third-order valence-electron chi connectivity index (χ3n) is 4.17. The summed E-state index contributed by atoms with van der Waals surface area (Å²) in [4.78, 5) is 0. The summed E-state index contributed by atoms with van der Waals surface area (Å²) in [5.41, 5.74) is 8.76. The van der Waals surface area contributed by atoms with Crippen LogP contribution in [0, 0.1) is 12.8 Å².